The second-order valence-electron chi connectivity index (χ2n) is 7.62. The first kappa shape index (κ1) is 20.5. The second-order valence-corrected chi connectivity index (χ2v) is 7.62. The van der Waals surface area contributed by atoms with E-state index in [9.17, 15) is 4.79 Å². The zero-order chi connectivity index (χ0) is 22.6. The lowest BCUT2D eigenvalue weighted by Gasteiger charge is -2.14. The van der Waals surface area contributed by atoms with Crippen molar-refractivity contribution in [1.29, 1.82) is 0 Å². The minimum atomic E-state index is -0.154. The van der Waals surface area contributed by atoms with Crippen LogP contribution >= 0.6 is 0 Å². The molecule has 0 aliphatic rings. The van der Waals surface area contributed by atoms with Crippen LogP contribution in [0, 0.1) is 6.92 Å². The number of amides is 1. The fraction of sp³-hybridized carbons (Fsp3) is 0.0741. The molecule has 3 heterocycles. The molecule has 162 valence electrons. The quantitative estimate of drug-likeness (QED) is 0.358. The zero-order valence-electron chi connectivity index (χ0n) is 18.0. The molecule has 0 fully saturated rings. The van der Waals surface area contributed by atoms with Gasteiger partial charge in [-0.25, -0.2) is 0 Å². The molecule has 0 bridgehead atoms. The number of rotatable bonds is 6. The SMILES string of the molecule is Cc1c(Oc2ccnc3cc(-c4ccoc4)ccc23)cccc1C(=O)NCc1ccncc1. The summed E-state index contributed by atoms with van der Waals surface area (Å²) in [5, 5.41) is 3.84. The number of aromatic nitrogens is 2. The van der Waals surface area contributed by atoms with Crippen LogP contribution in [0.25, 0.3) is 22.0 Å². The number of nitrogens with zero attached hydrogens (tertiary/aromatic N) is 2. The fourth-order valence-electron chi connectivity index (χ4n) is 3.69. The summed E-state index contributed by atoms with van der Waals surface area (Å²) in [6.07, 6.45) is 8.49. The summed E-state index contributed by atoms with van der Waals surface area (Å²) in [5.74, 6) is 1.15. The van der Waals surface area contributed by atoms with E-state index in [1.54, 1.807) is 37.2 Å². The third-order valence-corrected chi connectivity index (χ3v) is 5.51. The van der Waals surface area contributed by atoms with Gasteiger partial charge in [0.2, 0.25) is 0 Å². The molecule has 0 saturated carbocycles. The van der Waals surface area contributed by atoms with Crippen LogP contribution in [-0.4, -0.2) is 15.9 Å². The van der Waals surface area contributed by atoms with E-state index < -0.39 is 0 Å². The first-order chi connectivity index (χ1) is 16.2. The van der Waals surface area contributed by atoms with Crippen molar-refractivity contribution in [1.82, 2.24) is 15.3 Å². The third-order valence-electron chi connectivity index (χ3n) is 5.51. The maximum absolute atomic E-state index is 12.8. The van der Waals surface area contributed by atoms with Gasteiger partial charge < -0.3 is 14.5 Å². The molecule has 0 atom stereocenters. The van der Waals surface area contributed by atoms with Crippen molar-refractivity contribution >= 4 is 16.8 Å². The van der Waals surface area contributed by atoms with Gasteiger partial charge in [0.05, 0.1) is 18.0 Å². The van der Waals surface area contributed by atoms with E-state index in [-0.39, 0.29) is 5.91 Å². The Morgan fingerprint density at radius 2 is 1.85 bits per heavy atom. The molecule has 0 aliphatic carbocycles. The summed E-state index contributed by atoms with van der Waals surface area (Å²) in [4.78, 5) is 21.3. The molecule has 33 heavy (non-hydrogen) atoms. The highest BCUT2D eigenvalue weighted by Gasteiger charge is 2.14. The standard InChI is InChI=1S/C27H21N3O3/c1-18-22(27(31)30-16-19-7-11-28-12-8-19)3-2-4-25(18)33-26-9-13-29-24-15-20(5-6-23(24)26)21-10-14-32-17-21/h2-15,17H,16H2,1H3,(H,30,31). The van der Waals surface area contributed by atoms with Crippen molar-refractivity contribution in [2.45, 2.75) is 13.5 Å². The van der Waals surface area contributed by atoms with E-state index in [1.165, 1.54) is 0 Å². The Hall–Kier alpha value is -4.45. The van der Waals surface area contributed by atoms with Crippen LogP contribution < -0.4 is 10.1 Å². The van der Waals surface area contributed by atoms with Gasteiger partial charge in [0, 0.05) is 47.2 Å². The van der Waals surface area contributed by atoms with Crippen molar-refractivity contribution in [3.05, 3.63) is 108 Å². The molecule has 1 amide bonds. The number of nitrogens with one attached hydrogen (secondary N) is 1. The predicted octanol–water partition coefficient (Wildman–Crippen LogP) is 5.92. The molecule has 6 nitrogen and oxygen atoms in total. The summed E-state index contributed by atoms with van der Waals surface area (Å²) < 4.78 is 11.4. The van der Waals surface area contributed by atoms with Crippen LogP contribution in [0.5, 0.6) is 11.5 Å². The maximum atomic E-state index is 12.8. The number of pyridine rings is 2. The van der Waals surface area contributed by atoms with E-state index in [0.717, 1.165) is 33.2 Å². The van der Waals surface area contributed by atoms with Crippen LogP contribution in [0.2, 0.25) is 0 Å². The molecular formula is C27H21N3O3. The van der Waals surface area contributed by atoms with Gasteiger partial charge in [0.25, 0.3) is 5.91 Å². The van der Waals surface area contributed by atoms with E-state index in [4.69, 9.17) is 9.15 Å². The molecule has 6 heteroatoms. The lowest BCUT2D eigenvalue weighted by atomic mass is 10.1. The van der Waals surface area contributed by atoms with Gasteiger partial charge in [-0.15, -0.1) is 0 Å². The summed E-state index contributed by atoms with van der Waals surface area (Å²) in [5.41, 5.74) is 5.15. The van der Waals surface area contributed by atoms with Crippen molar-refractivity contribution in [2.24, 2.45) is 0 Å². The number of furan rings is 1. The van der Waals surface area contributed by atoms with Crippen molar-refractivity contribution in [2.75, 3.05) is 0 Å². The topological polar surface area (TPSA) is 77.2 Å². The largest absolute Gasteiger partial charge is 0.472 e. The molecule has 0 spiro atoms. The first-order valence-corrected chi connectivity index (χ1v) is 10.5. The molecule has 0 radical (unpaired) electrons. The van der Waals surface area contributed by atoms with Gasteiger partial charge >= 0.3 is 0 Å². The van der Waals surface area contributed by atoms with Crippen LogP contribution in [0.1, 0.15) is 21.5 Å². The average molecular weight is 435 g/mol. The highest BCUT2D eigenvalue weighted by molar-refractivity contribution is 5.96. The number of hydrogen-bond acceptors (Lipinski definition) is 5. The van der Waals surface area contributed by atoms with Gasteiger partial charge in [-0.1, -0.05) is 12.1 Å². The van der Waals surface area contributed by atoms with Crippen molar-refractivity contribution < 1.29 is 13.9 Å². The molecule has 1 N–H and O–H groups in total. The molecule has 2 aromatic carbocycles. The monoisotopic (exact) mass is 435 g/mol. The lowest BCUT2D eigenvalue weighted by Crippen LogP contribution is -2.23. The number of ether oxygens (including phenoxy) is 1. The second kappa shape index (κ2) is 8.96. The minimum Gasteiger partial charge on any atom is -0.472 e. The van der Waals surface area contributed by atoms with Crippen LogP contribution in [0.15, 0.2) is 96.2 Å². The van der Waals surface area contributed by atoms with E-state index in [0.29, 0.717) is 23.6 Å². The van der Waals surface area contributed by atoms with E-state index in [1.807, 2.05) is 61.5 Å². The Morgan fingerprint density at radius 1 is 0.970 bits per heavy atom. The summed E-state index contributed by atoms with van der Waals surface area (Å²) in [7, 11) is 0. The maximum Gasteiger partial charge on any atom is 0.251 e. The fourth-order valence-corrected chi connectivity index (χ4v) is 3.69. The Kier molecular flexibility index (Phi) is 5.55. The number of hydrogen-bond donors (Lipinski definition) is 1. The molecule has 3 aromatic heterocycles. The number of benzene rings is 2. The first-order valence-electron chi connectivity index (χ1n) is 10.5. The van der Waals surface area contributed by atoms with Gasteiger partial charge in [0.1, 0.15) is 11.5 Å². The number of carbonyl (C=O) groups excluding carboxylic acids is 1. The highest BCUT2D eigenvalue weighted by Crippen LogP contribution is 2.33. The van der Waals surface area contributed by atoms with Gasteiger partial charge in [-0.2, -0.15) is 0 Å². The number of carbonyl (C=O) groups is 1. The zero-order valence-corrected chi connectivity index (χ0v) is 18.0. The van der Waals surface area contributed by atoms with E-state index in [2.05, 4.69) is 15.3 Å². The molecular weight excluding hydrogens is 414 g/mol. The predicted molar refractivity (Wildman–Crippen MR) is 126 cm³/mol. The normalized spacial score (nSPS) is 10.8. The smallest absolute Gasteiger partial charge is 0.251 e. The van der Waals surface area contributed by atoms with Gasteiger partial charge in [-0.3, -0.25) is 14.8 Å². The van der Waals surface area contributed by atoms with Crippen LogP contribution in [-0.2, 0) is 6.54 Å². The van der Waals surface area contributed by atoms with Gasteiger partial charge in [0.15, 0.2) is 0 Å². The minimum absolute atomic E-state index is 0.154. The van der Waals surface area contributed by atoms with E-state index >= 15 is 0 Å². The molecule has 5 rings (SSSR count). The van der Waals surface area contributed by atoms with Gasteiger partial charge in [-0.05, 0) is 66.6 Å². The van der Waals surface area contributed by atoms with Crippen molar-refractivity contribution in [3.8, 4) is 22.6 Å². The van der Waals surface area contributed by atoms with Crippen LogP contribution in [0.4, 0.5) is 0 Å². The highest BCUT2D eigenvalue weighted by atomic mass is 16.5. The summed E-state index contributed by atoms with van der Waals surface area (Å²) in [6.45, 7) is 2.32. The Morgan fingerprint density at radius 3 is 2.67 bits per heavy atom. The summed E-state index contributed by atoms with van der Waals surface area (Å²) in [6, 6.07) is 19.0. The average Bonchev–Trinajstić information content (AvgIpc) is 3.39. The molecule has 0 aliphatic heterocycles. The van der Waals surface area contributed by atoms with Crippen LogP contribution in [0.3, 0.4) is 0 Å². The number of fused-ring (bicyclic) bond motifs is 1. The molecule has 0 unspecified atom stereocenters. The Bertz CT molecular complexity index is 1410. The third kappa shape index (κ3) is 4.32. The molecule has 0 saturated heterocycles. The lowest BCUT2D eigenvalue weighted by molar-refractivity contribution is 0.0950. The molecule has 5 aromatic rings. The Balaban J connectivity index is 1.40. The summed E-state index contributed by atoms with van der Waals surface area (Å²) >= 11 is 0. The Labute approximate surface area is 190 Å². The van der Waals surface area contributed by atoms with Crippen molar-refractivity contribution in [3.63, 3.8) is 0 Å².